The summed E-state index contributed by atoms with van der Waals surface area (Å²) < 4.78 is 43.8. The molecule has 0 spiro atoms. The number of nitrogens with one attached hydrogen (secondary N) is 2. The van der Waals surface area contributed by atoms with Crippen LogP contribution >= 0.6 is 0 Å². The van der Waals surface area contributed by atoms with Crippen LogP contribution in [0.4, 0.5) is 13.2 Å². The molecule has 9 heteroatoms. The Labute approximate surface area is 166 Å². The molecule has 1 atom stereocenters. The number of nitrogens with zero attached hydrogens (tertiary/aromatic N) is 3. The minimum atomic E-state index is -4.37. The summed E-state index contributed by atoms with van der Waals surface area (Å²) in [6, 6.07) is 6.95. The molecule has 1 aromatic carbocycles. The third-order valence-corrected chi connectivity index (χ3v) is 5.07. The number of benzene rings is 1. The molecule has 0 amide bonds. The summed E-state index contributed by atoms with van der Waals surface area (Å²) in [5.41, 5.74) is 1.22. The van der Waals surface area contributed by atoms with Gasteiger partial charge in [-0.1, -0.05) is 6.07 Å². The van der Waals surface area contributed by atoms with Gasteiger partial charge in [0.15, 0.2) is 0 Å². The predicted molar refractivity (Wildman–Crippen MR) is 100 cm³/mol. The van der Waals surface area contributed by atoms with Crippen LogP contribution in [0.2, 0.25) is 0 Å². The van der Waals surface area contributed by atoms with Gasteiger partial charge in [-0.2, -0.15) is 18.3 Å². The maximum atomic E-state index is 12.8. The fraction of sp³-hybridized carbons (Fsp3) is 0.400. The van der Waals surface area contributed by atoms with E-state index in [1.165, 1.54) is 12.1 Å². The number of ether oxygens (including phenoxy) is 1. The average molecular weight is 405 g/mol. The van der Waals surface area contributed by atoms with Crippen LogP contribution in [0.15, 0.2) is 42.7 Å². The Kier molecular flexibility index (Phi) is 5.57. The van der Waals surface area contributed by atoms with Crippen molar-refractivity contribution in [1.82, 2.24) is 25.1 Å². The number of hydrogen-bond donors (Lipinski definition) is 2. The van der Waals surface area contributed by atoms with E-state index in [-0.39, 0.29) is 12.4 Å². The molecular weight excluding hydrogens is 383 g/mol. The van der Waals surface area contributed by atoms with Gasteiger partial charge in [-0.25, -0.2) is 4.98 Å². The monoisotopic (exact) mass is 405 g/mol. The molecule has 0 aliphatic carbocycles. The lowest BCUT2D eigenvalue weighted by Crippen LogP contribution is -2.20. The Bertz CT molecular complexity index is 922. The van der Waals surface area contributed by atoms with Crippen LogP contribution in [0, 0.1) is 0 Å². The van der Waals surface area contributed by atoms with Gasteiger partial charge >= 0.3 is 6.18 Å². The molecule has 6 nitrogen and oxygen atoms in total. The molecule has 1 aliphatic rings. The summed E-state index contributed by atoms with van der Waals surface area (Å²) in [7, 11) is 0. The zero-order valence-corrected chi connectivity index (χ0v) is 15.7. The van der Waals surface area contributed by atoms with E-state index in [1.54, 1.807) is 6.20 Å². The standard InChI is InChI=1S/C20H22F3N5O/c21-20(22,23)15-2-1-3-17(10-15)29-9-5-16-11-18(27-26-16)14-4-8-28(12-14)13-19-24-6-7-25-19/h1-3,6-7,10-11,14H,4-5,8-9,12-13H2,(H,24,25)(H,26,27)/t14-/m0/s1. The Morgan fingerprint density at radius 2 is 2.14 bits per heavy atom. The molecule has 3 aromatic rings. The molecule has 4 rings (SSSR count). The molecule has 0 bridgehead atoms. The molecule has 0 saturated carbocycles. The normalized spacial score (nSPS) is 17.7. The number of rotatable bonds is 7. The number of aromatic amines is 2. The Morgan fingerprint density at radius 1 is 1.24 bits per heavy atom. The zero-order valence-electron chi connectivity index (χ0n) is 15.7. The number of aromatic nitrogens is 4. The van der Waals surface area contributed by atoms with E-state index in [2.05, 4.69) is 25.1 Å². The molecule has 1 saturated heterocycles. The van der Waals surface area contributed by atoms with Gasteiger partial charge in [-0.3, -0.25) is 10.00 Å². The van der Waals surface area contributed by atoms with Crippen molar-refractivity contribution in [2.45, 2.75) is 31.5 Å². The highest BCUT2D eigenvalue weighted by molar-refractivity contribution is 5.30. The second kappa shape index (κ2) is 8.28. The number of H-pyrrole nitrogens is 2. The van der Waals surface area contributed by atoms with Crippen molar-refractivity contribution in [3.8, 4) is 5.75 Å². The van der Waals surface area contributed by atoms with Crippen LogP contribution in [-0.4, -0.2) is 44.8 Å². The number of imidazole rings is 1. The van der Waals surface area contributed by atoms with E-state index in [9.17, 15) is 13.2 Å². The first-order valence-corrected chi connectivity index (χ1v) is 9.52. The molecule has 1 aliphatic heterocycles. The average Bonchev–Trinajstić information content (AvgIpc) is 3.43. The van der Waals surface area contributed by atoms with Gasteiger partial charge in [0.25, 0.3) is 0 Å². The molecule has 2 N–H and O–H groups in total. The fourth-order valence-corrected chi connectivity index (χ4v) is 3.57. The van der Waals surface area contributed by atoms with Gasteiger partial charge < -0.3 is 9.72 Å². The number of hydrogen-bond acceptors (Lipinski definition) is 4. The number of alkyl halides is 3. The number of likely N-dealkylation sites (tertiary alicyclic amines) is 1. The van der Waals surface area contributed by atoms with Crippen LogP contribution < -0.4 is 4.74 Å². The van der Waals surface area contributed by atoms with E-state index in [0.717, 1.165) is 55.4 Å². The minimum absolute atomic E-state index is 0.212. The van der Waals surface area contributed by atoms with E-state index in [4.69, 9.17) is 4.74 Å². The Hall–Kier alpha value is -2.81. The third kappa shape index (κ3) is 4.97. The lowest BCUT2D eigenvalue weighted by molar-refractivity contribution is -0.137. The molecular formula is C20H22F3N5O. The van der Waals surface area contributed by atoms with E-state index in [1.807, 2.05) is 12.3 Å². The van der Waals surface area contributed by atoms with Crippen LogP contribution in [-0.2, 0) is 19.1 Å². The lowest BCUT2D eigenvalue weighted by Gasteiger charge is -2.13. The topological polar surface area (TPSA) is 69.8 Å². The minimum Gasteiger partial charge on any atom is -0.493 e. The lowest BCUT2D eigenvalue weighted by atomic mass is 10.0. The Morgan fingerprint density at radius 3 is 2.93 bits per heavy atom. The molecule has 0 unspecified atom stereocenters. The highest BCUT2D eigenvalue weighted by Crippen LogP contribution is 2.31. The van der Waals surface area contributed by atoms with Crippen molar-refractivity contribution in [3.63, 3.8) is 0 Å². The summed E-state index contributed by atoms with van der Waals surface area (Å²) in [6.07, 6.45) is 0.788. The molecule has 1 fully saturated rings. The van der Waals surface area contributed by atoms with Crippen LogP contribution in [0.1, 0.15) is 35.1 Å². The van der Waals surface area contributed by atoms with Crippen molar-refractivity contribution < 1.29 is 17.9 Å². The second-order valence-electron chi connectivity index (χ2n) is 7.20. The summed E-state index contributed by atoms with van der Waals surface area (Å²) >= 11 is 0. The Balaban J connectivity index is 1.27. The van der Waals surface area contributed by atoms with E-state index >= 15 is 0 Å². The van der Waals surface area contributed by atoms with Gasteiger partial charge in [-0.15, -0.1) is 0 Å². The highest BCUT2D eigenvalue weighted by atomic mass is 19.4. The first kappa shape index (κ1) is 19.5. The summed E-state index contributed by atoms with van der Waals surface area (Å²) in [6.45, 7) is 2.99. The predicted octanol–water partition coefficient (Wildman–Crippen LogP) is 3.76. The van der Waals surface area contributed by atoms with Gasteiger partial charge in [-0.05, 0) is 37.2 Å². The molecule has 2 aromatic heterocycles. The van der Waals surface area contributed by atoms with Crippen LogP contribution in [0.5, 0.6) is 5.75 Å². The molecule has 29 heavy (non-hydrogen) atoms. The van der Waals surface area contributed by atoms with Gasteiger partial charge in [0.05, 0.1) is 24.4 Å². The molecule has 0 radical (unpaired) electrons. The van der Waals surface area contributed by atoms with Crippen molar-refractivity contribution >= 4 is 0 Å². The van der Waals surface area contributed by atoms with Gasteiger partial charge in [0, 0.05) is 37.0 Å². The first-order valence-electron chi connectivity index (χ1n) is 9.52. The maximum Gasteiger partial charge on any atom is 0.416 e. The molecule has 154 valence electrons. The third-order valence-electron chi connectivity index (χ3n) is 5.07. The zero-order chi connectivity index (χ0) is 20.3. The van der Waals surface area contributed by atoms with Crippen LogP contribution in [0.25, 0.3) is 0 Å². The molecule has 3 heterocycles. The maximum absolute atomic E-state index is 12.8. The largest absolute Gasteiger partial charge is 0.493 e. The van der Waals surface area contributed by atoms with Crippen molar-refractivity contribution in [3.05, 3.63) is 65.5 Å². The first-order chi connectivity index (χ1) is 14.0. The van der Waals surface area contributed by atoms with E-state index < -0.39 is 11.7 Å². The smallest absolute Gasteiger partial charge is 0.416 e. The van der Waals surface area contributed by atoms with Crippen molar-refractivity contribution in [2.75, 3.05) is 19.7 Å². The van der Waals surface area contributed by atoms with Crippen molar-refractivity contribution in [1.29, 1.82) is 0 Å². The quantitative estimate of drug-likeness (QED) is 0.628. The van der Waals surface area contributed by atoms with Gasteiger partial charge in [0.2, 0.25) is 0 Å². The van der Waals surface area contributed by atoms with Gasteiger partial charge in [0.1, 0.15) is 11.6 Å². The number of halogens is 3. The van der Waals surface area contributed by atoms with Crippen LogP contribution in [0.3, 0.4) is 0 Å². The summed E-state index contributed by atoms with van der Waals surface area (Å²) in [5.74, 6) is 1.53. The fourth-order valence-electron chi connectivity index (χ4n) is 3.57. The summed E-state index contributed by atoms with van der Waals surface area (Å²) in [4.78, 5) is 9.73. The SMILES string of the molecule is FC(F)(F)c1cccc(OCCc2cc([C@H]3CCN(Cc4ncc[nH]4)C3)n[nH]2)c1. The van der Waals surface area contributed by atoms with Crippen molar-refractivity contribution in [2.24, 2.45) is 0 Å². The summed E-state index contributed by atoms with van der Waals surface area (Å²) in [5, 5.41) is 7.44. The highest BCUT2D eigenvalue weighted by Gasteiger charge is 2.30. The second-order valence-corrected chi connectivity index (χ2v) is 7.20. The van der Waals surface area contributed by atoms with E-state index in [0.29, 0.717) is 12.3 Å².